The first-order chi connectivity index (χ1) is 11.0. The van der Waals surface area contributed by atoms with Crippen molar-refractivity contribution in [3.8, 4) is 0 Å². The average Bonchev–Trinajstić information content (AvgIpc) is 2.61. The molecule has 0 aromatic heterocycles. The second-order valence-corrected chi connectivity index (χ2v) is 6.28. The van der Waals surface area contributed by atoms with Crippen LogP contribution in [0.25, 0.3) is 5.57 Å². The van der Waals surface area contributed by atoms with E-state index in [-0.39, 0.29) is 0 Å². The van der Waals surface area contributed by atoms with E-state index in [2.05, 4.69) is 89.7 Å². The van der Waals surface area contributed by atoms with E-state index in [1.165, 1.54) is 41.5 Å². The fourth-order valence-corrected chi connectivity index (χ4v) is 2.17. The van der Waals surface area contributed by atoms with Crippen LogP contribution in [-0.2, 0) is 0 Å². The molecule has 0 amide bonds. The van der Waals surface area contributed by atoms with Crippen molar-refractivity contribution in [3.63, 3.8) is 0 Å². The Morgan fingerprint density at radius 2 is 1.26 bits per heavy atom. The third kappa shape index (κ3) is 6.06. The quantitative estimate of drug-likeness (QED) is 0.540. The summed E-state index contributed by atoms with van der Waals surface area (Å²) in [5, 5.41) is 0. The zero-order valence-corrected chi connectivity index (χ0v) is 15.5. The number of benzene rings is 2. The zero-order valence-electron chi connectivity index (χ0n) is 15.5. The van der Waals surface area contributed by atoms with E-state index in [4.69, 9.17) is 0 Å². The average molecular weight is 309 g/mol. The third-order valence-corrected chi connectivity index (χ3v) is 4.34. The summed E-state index contributed by atoms with van der Waals surface area (Å²) in [6.45, 7) is 15.2. The van der Waals surface area contributed by atoms with E-state index in [0.29, 0.717) is 5.92 Å². The molecule has 0 fully saturated rings. The molecule has 2 aromatic rings. The summed E-state index contributed by atoms with van der Waals surface area (Å²) in [6, 6.07) is 17.4. The Labute approximate surface area is 143 Å². The van der Waals surface area contributed by atoms with Crippen LogP contribution in [0.1, 0.15) is 75.1 Å². The predicted octanol–water partition coefficient (Wildman–Crippen LogP) is 7.38. The normalized spacial score (nSPS) is 11.3. The monoisotopic (exact) mass is 308 g/mol. The van der Waals surface area contributed by atoms with Crippen molar-refractivity contribution in [3.05, 3.63) is 77.4 Å². The van der Waals surface area contributed by atoms with Gasteiger partial charge in [0, 0.05) is 0 Å². The van der Waals surface area contributed by atoms with Gasteiger partial charge in [-0.15, -0.1) is 0 Å². The first-order valence-electron chi connectivity index (χ1n) is 8.89. The molecule has 0 radical (unpaired) electrons. The lowest BCUT2D eigenvalue weighted by Crippen LogP contribution is -1.92. The minimum atomic E-state index is 0.627. The fraction of sp³-hybridized carbons (Fsp3) is 0.391. The molecule has 0 heteroatoms. The van der Waals surface area contributed by atoms with Crippen LogP contribution in [0.4, 0.5) is 0 Å². The molecular weight excluding hydrogens is 276 g/mol. The summed E-state index contributed by atoms with van der Waals surface area (Å²) in [5.74, 6) is 0.627. The summed E-state index contributed by atoms with van der Waals surface area (Å²) in [7, 11) is 0. The van der Waals surface area contributed by atoms with Crippen molar-refractivity contribution >= 4 is 5.57 Å². The Bertz CT molecular complexity index is 570. The van der Waals surface area contributed by atoms with Gasteiger partial charge in [0.25, 0.3) is 0 Å². The second-order valence-electron chi connectivity index (χ2n) is 6.28. The van der Waals surface area contributed by atoms with Crippen LogP contribution in [0.5, 0.6) is 0 Å². The summed E-state index contributed by atoms with van der Waals surface area (Å²) in [4.78, 5) is 0. The molecule has 0 heterocycles. The van der Waals surface area contributed by atoms with E-state index in [1.54, 1.807) is 0 Å². The van der Waals surface area contributed by atoms with Gasteiger partial charge in [0.1, 0.15) is 0 Å². The molecule has 0 saturated heterocycles. The Hall–Kier alpha value is -1.82. The maximum atomic E-state index is 4.22. The van der Waals surface area contributed by atoms with Crippen LogP contribution in [-0.4, -0.2) is 0 Å². The van der Waals surface area contributed by atoms with Crippen molar-refractivity contribution in [2.75, 3.05) is 0 Å². The molecule has 1 atom stereocenters. The van der Waals surface area contributed by atoms with Gasteiger partial charge in [-0.2, -0.15) is 0 Å². The highest BCUT2D eigenvalue weighted by Gasteiger charge is 2.05. The number of hydrogen-bond acceptors (Lipinski definition) is 0. The van der Waals surface area contributed by atoms with E-state index in [0.717, 1.165) is 5.57 Å². The molecule has 0 aliphatic heterocycles. The predicted molar refractivity (Wildman–Crippen MR) is 105 cm³/mol. The van der Waals surface area contributed by atoms with Gasteiger partial charge < -0.3 is 0 Å². The molecule has 0 spiro atoms. The van der Waals surface area contributed by atoms with Crippen LogP contribution >= 0.6 is 0 Å². The molecular formula is C23H32. The van der Waals surface area contributed by atoms with Crippen LogP contribution in [0.2, 0.25) is 0 Å². The van der Waals surface area contributed by atoms with Gasteiger partial charge in [-0.3, -0.25) is 0 Å². The van der Waals surface area contributed by atoms with Gasteiger partial charge in [0.15, 0.2) is 0 Å². The lowest BCUT2D eigenvalue weighted by Gasteiger charge is -2.11. The number of hydrogen-bond donors (Lipinski definition) is 0. The molecule has 2 rings (SSSR count). The van der Waals surface area contributed by atoms with Gasteiger partial charge in [-0.05, 0) is 41.5 Å². The Morgan fingerprint density at radius 1 is 0.826 bits per heavy atom. The minimum absolute atomic E-state index is 0.627. The van der Waals surface area contributed by atoms with Crippen molar-refractivity contribution in [2.24, 2.45) is 0 Å². The number of rotatable bonds is 5. The lowest BCUT2D eigenvalue weighted by molar-refractivity contribution is 0.733. The zero-order chi connectivity index (χ0) is 17.2. The van der Waals surface area contributed by atoms with Gasteiger partial charge in [-0.25, -0.2) is 0 Å². The summed E-state index contributed by atoms with van der Waals surface area (Å²) < 4.78 is 0. The van der Waals surface area contributed by atoms with E-state index >= 15 is 0 Å². The molecule has 0 aliphatic rings. The molecule has 0 aliphatic carbocycles. The number of aryl methyl sites for hydroxylation is 1. The smallest absolute Gasteiger partial charge is 0.0183 e. The summed E-state index contributed by atoms with van der Waals surface area (Å²) >= 11 is 0. The molecule has 0 N–H and O–H groups in total. The van der Waals surface area contributed by atoms with Gasteiger partial charge in [0.2, 0.25) is 0 Å². The number of unbranched alkanes of at least 4 members (excludes halogenated alkanes) is 1. The first-order valence-corrected chi connectivity index (χ1v) is 8.89. The maximum absolute atomic E-state index is 4.22. The molecule has 1 unspecified atom stereocenters. The van der Waals surface area contributed by atoms with Crippen molar-refractivity contribution in [1.29, 1.82) is 0 Å². The summed E-state index contributed by atoms with van der Waals surface area (Å²) in [5.41, 5.74) is 6.18. The Kier molecular flexibility index (Phi) is 8.40. The minimum Gasteiger partial charge on any atom is -0.0906 e. The van der Waals surface area contributed by atoms with E-state index in [9.17, 15) is 0 Å². The maximum Gasteiger partial charge on any atom is -0.0183 e. The van der Waals surface area contributed by atoms with E-state index in [1.807, 2.05) is 0 Å². The van der Waals surface area contributed by atoms with E-state index < -0.39 is 0 Å². The van der Waals surface area contributed by atoms with Gasteiger partial charge >= 0.3 is 0 Å². The molecule has 23 heavy (non-hydrogen) atoms. The first kappa shape index (κ1) is 19.2. The Morgan fingerprint density at radius 3 is 1.65 bits per heavy atom. The highest BCUT2D eigenvalue weighted by molar-refractivity contribution is 5.78. The molecule has 2 aromatic carbocycles. The van der Waals surface area contributed by atoms with Crippen LogP contribution in [0, 0.1) is 6.92 Å². The summed E-state index contributed by atoms with van der Waals surface area (Å²) in [6.07, 6.45) is 3.82. The van der Waals surface area contributed by atoms with Crippen molar-refractivity contribution in [2.45, 2.75) is 59.8 Å². The standard InChI is InChI=1S/C19H22.C4H10/c1-5-15(3)17-10-12-19(13-11-17)16(4)18-8-6-14(2)7-9-18;1-3-4-2/h6-13,15H,4-5H2,1-3H3;3-4H2,1-2H3. The van der Waals surface area contributed by atoms with Crippen LogP contribution in [0.3, 0.4) is 0 Å². The SMILES string of the molecule is C=C(c1ccc(C)cc1)c1ccc(C(C)CC)cc1.CCCC. The van der Waals surface area contributed by atoms with Gasteiger partial charge in [-0.1, -0.05) is 101 Å². The molecule has 0 saturated carbocycles. The largest absolute Gasteiger partial charge is 0.0906 e. The fourth-order valence-electron chi connectivity index (χ4n) is 2.17. The molecule has 0 bridgehead atoms. The van der Waals surface area contributed by atoms with Crippen LogP contribution in [0.15, 0.2) is 55.1 Å². The van der Waals surface area contributed by atoms with Crippen LogP contribution < -0.4 is 0 Å². The van der Waals surface area contributed by atoms with Gasteiger partial charge in [0.05, 0.1) is 0 Å². The lowest BCUT2D eigenvalue weighted by atomic mass is 9.94. The van der Waals surface area contributed by atoms with Crippen molar-refractivity contribution < 1.29 is 0 Å². The highest BCUT2D eigenvalue weighted by atomic mass is 14.1. The third-order valence-electron chi connectivity index (χ3n) is 4.34. The Balaban J connectivity index is 0.000000593. The van der Waals surface area contributed by atoms with Crippen molar-refractivity contribution in [1.82, 2.24) is 0 Å². The topological polar surface area (TPSA) is 0 Å². The highest BCUT2D eigenvalue weighted by Crippen LogP contribution is 2.25. The molecule has 124 valence electrons. The second kappa shape index (κ2) is 10.0. The molecule has 0 nitrogen and oxygen atoms in total.